The molecule has 0 aliphatic carbocycles. The lowest BCUT2D eigenvalue weighted by atomic mass is 10.1. The van der Waals surface area contributed by atoms with Crippen molar-refractivity contribution in [1.29, 1.82) is 0 Å². The highest BCUT2D eigenvalue weighted by molar-refractivity contribution is 5.81. The van der Waals surface area contributed by atoms with E-state index in [0.29, 0.717) is 17.6 Å². The molecule has 3 rings (SSSR count). The summed E-state index contributed by atoms with van der Waals surface area (Å²) in [5.74, 6) is 0.0926. The van der Waals surface area contributed by atoms with E-state index in [2.05, 4.69) is 20.3 Å². The van der Waals surface area contributed by atoms with Gasteiger partial charge in [0.05, 0.1) is 6.33 Å². The zero-order chi connectivity index (χ0) is 17.3. The van der Waals surface area contributed by atoms with Crippen molar-refractivity contribution in [3.63, 3.8) is 0 Å². The Morgan fingerprint density at radius 3 is 2.92 bits per heavy atom. The van der Waals surface area contributed by atoms with Crippen LogP contribution < -0.4 is 11.1 Å². The first kappa shape index (κ1) is 16.6. The van der Waals surface area contributed by atoms with E-state index in [1.807, 2.05) is 6.92 Å². The van der Waals surface area contributed by atoms with Crippen LogP contribution in [0.1, 0.15) is 26.0 Å². The smallest absolute Gasteiger partial charge is 0.220 e. The van der Waals surface area contributed by atoms with Gasteiger partial charge in [0, 0.05) is 13.0 Å². The lowest BCUT2D eigenvalue weighted by Crippen LogP contribution is -2.39. The number of aromatic nitrogens is 4. The molecule has 2 aromatic rings. The van der Waals surface area contributed by atoms with Gasteiger partial charge in [-0.2, -0.15) is 0 Å². The van der Waals surface area contributed by atoms with E-state index in [4.69, 9.17) is 10.5 Å². The summed E-state index contributed by atoms with van der Waals surface area (Å²) in [7, 11) is 0. The van der Waals surface area contributed by atoms with Crippen LogP contribution in [0, 0.1) is 0 Å². The highest BCUT2D eigenvalue weighted by atomic mass is 16.6. The molecule has 5 N–H and O–H groups in total. The number of rotatable bonds is 5. The monoisotopic (exact) mass is 336 g/mol. The van der Waals surface area contributed by atoms with Crippen LogP contribution in [0.5, 0.6) is 0 Å². The molecule has 1 aliphatic heterocycles. The van der Waals surface area contributed by atoms with E-state index >= 15 is 0 Å². The number of imidazole rings is 1. The number of aliphatic hydroxyl groups is 2. The predicted molar refractivity (Wildman–Crippen MR) is 83.6 cm³/mol. The highest BCUT2D eigenvalue weighted by Gasteiger charge is 2.44. The van der Waals surface area contributed by atoms with Crippen molar-refractivity contribution in [2.75, 3.05) is 12.3 Å². The van der Waals surface area contributed by atoms with Crippen molar-refractivity contribution >= 4 is 22.9 Å². The molecule has 10 nitrogen and oxygen atoms in total. The molecule has 0 spiro atoms. The highest BCUT2D eigenvalue weighted by Crippen LogP contribution is 2.31. The number of fused-ring (bicyclic) bond motifs is 1. The van der Waals surface area contributed by atoms with Gasteiger partial charge in [-0.1, -0.05) is 6.92 Å². The summed E-state index contributed by atoms with van der Waals surface area (Å²) in [4.78, 5) is 23.6. The summed E-state index contributed by atoms with van der Waals surface area (Å²) >= 11 is 0. The first-order chi connectivity index (χ1) is 11.5. The molecule has 130 valence electrons. The lowest BCUT2D eigenvalue weighted by Gasteiger charge is -2.16. The van der Waals surface area contributed by atoms with Crippen molar-refractivity contribution in [3.8, 4) is 0 Å². The minimum atomic E-state index is -1.19. The Hall–Kier alpha value is -2.30. The number of ether oxygens (including phenoxy) is 1. The molecule has 10 heteroatoms. The molecular weight excluding hydrogens is 316 g/mol. The third-order valence-electron chi connectivity index (χ3n) is 3.98. The quantitative estimate of drug-likeness (QED) is 0.540. The molecule has 0 unspecified atom stereocenters. The maximum atomic E-state index is 11.6. The number of aliphatic hydroxyl groups excluding tert-OH is 2. The summed E-state index contributed by atoms with van der Waals surface area (Å²) in [5.41, 5.74) is 6.53. The molecule has 0 aromatic carbocycles. The second-order valence-corrected chi connectivity index (χ2v) is 5.68. The number of nitrogen functional groups attached to an aromatic ring is 1. The Balaban J connectivity index is 1.77. The zero-order valence-electron chi connectivity index (χ0n) is 13.2. The summed E-state index contributed by atoms with van der Waals surface area (Å²) in [6.07, 6.45) is -0.107. The average Bonchev–Trinajstić information content (AvgIpc) is 3.10. The van der Waals surface area contributed by atoms with Crippen LogP contribution in [0.3, 0.4) is 0 Å². The van der Waals surface area contributed by atoms with E-state index in [9.17, 15) is 15.0 Å². The standard InChI is InChI=1S/C14H20N6O4/c1-2-3-8(21)16-4-7-10(22)11(23)14(24-7)20-6-19-9-12(15)17-5-18-13(9)20/h5-7,10-11,14,22-23H,2-4H2,1H3,(H,16,21)(H2,15,17,18)/t7-,10-,11-,14-/m1/s1. The van der Waals surface area contributed by atoms with Gasteiger partial charge in [0.25, 0.3) is 0 Å². The van der Waals surface area contributed by atoms with Gasteiger partial charge in [0.15, 0.2) is 17.7 Å². The van der Waals surface area contributed by atoms with E-state index < -0.39 is 24.5 Å². The largest absolute Gasteiger partial charge is 0.387 e. The number of carbonyl (C=O) groups is 1. The van der Waals surface area contributed by atoms with Gasteiger partial charge in [-0.05, 0) is 6.42 Å². The van der Waals surface area contributed by atoms with E-state index in [1.165, 1.54) is 17.2 Å². The van der Waals surface area contributed by atoms with Gasteiger partial charge < -0.3 is 26.0 Å². The van der Waals surface area contributed by atoms with E-state index in [0.717, 1.165) is 6.42 Å². The van der Waals surface area contributed by atoms with Crippen molar-refractivity contribution in [2.45, 2.75) is 44.3 Å². The molecule has 24 heavy (non-hydrogen) atoms. The number of hydrogen-bond acceptors (Lipinski definition) is 8. The molecule has 1 amide bonds. The van der Waals surface area contributed by atoms with E-state index in [1.54, 1.807) is 0 Å². The summed E-state index contributed by atoms with van der Waals surface area (Å²) in [6, 6.07) is 0. The van der Waals surface area contributed by atoms with Gasteiger partial charge >= 0.3 is 0 Å². The Morgan fingerprint density at radius 1 is 1.38 bits per heavy atom. The maximum Gasteiger partial charge on any atom is 0.220 e. The number of carbonyl (C=O) groups excluding carboxylic acids is 1. The van der Waals surface area contributed by atoms with Crippen molar-refractivity contribution in [2.24, 2.45) is 0 Å². The predicted octanol–water partition coefficient (Wildman–Crippen LogP) is -1.06. The van der Waals surface area contributed by atoms with Crippen LogP contribution >= 0.6 is 0 Å². The zero-order valence-corrected chi connectivity index (χ0v) is 13.2. The Bertz CT molecular complexity index is 735. The Morgan fingerprint density at radius 2 is 2.17 bits per heavy atom. The van der Waals surface area contributed by atoms with Gasteiger partial charge in [0.1, 0.15) is 30.2 Å². The van der Waals surface area contributed by atoms with Gasteiger partial charge in [-0.3, -0.25) is 9.36 Å². The fourth-order valence-electron chi connectivity index (χ4n) is 2.71. The maximum absolute atomic E-state index is 11.6. The van der Waals surface area contributed by atoms with Gasteiger partial charge in [0.2, 0.25) is 5.91 Å². The number of amides is 1. The van der Waals surface area contributed by atoms with E-state index in [-0.39, 0.29) is 18.3 Å². The second kappa shape index (κ2) is 6.67. The fourth-order valence-corrected chi connectivity index (χ4v) is 2.71. The average molecular weight is 336 g/mol. The molecule has 0 saturated carbocycles. The Kier molecular flexibility index (Phi) is 4.60. The first-order valence-corrected chi connectivity index (χ1v) is 7.74. The molecule has 1 aliphatic rings. The van der Waals surface area contributed by atoms with Crippen LogP contribution in [0.15, 0.2) is 12.7 Å². The van der Waals surface area contributed by atoms with Crippen LogP contribution in [0.25, 0.3) is 11.2 Å². The molecular formula is C14H20N6O4. The minimum absolute atomic E-state index is 0.108. The number of nitrogens with one attached hydrogen (secondary N) is 1. The molecule has 4 atom stereocenters. The van der Waals surface area contributed by atoms with Crippen molar-refractivity contribution in [3.05, 3.63) is 12.7 Å². The second-order valence-electron chi connectivity index (χ2n) is 5.68. The van der Waals surface area contributed by atoms with Crippen molar-refractivity contribution < 1.29 is 19.7 Å². The topological polar surface area (TPSA) is 148 Å². The first-order valence-electron chi connectivity index (χ1n) is 7.74. The number of anilines is 1. The molecule has 3 heterocycles. The van der Waals surface area contributed by atoms with Gasteiger partial charge in [-0.25, -0.2) is 15.0 Å². The van der Waals surface area contributed by atoms with Crippen LogP contribution in [-0.2, 0) is 9.53 Å². The van der Waals surface area contributed by atoms with Crippen LogP contribution in [0.2, 0.25) is 0 Å². The van der Waals surface area contributed by atoms with Crippen molar-refractivity contribution in [1.82, 2.24) is 24.8 Å². The SMILES string of the molecule is CCCC(=O)NC[C@H]1O[C@@H](n2cnc3c(N)ncnc32)[C@H](O)[C@@H]1O. The number of nitrogens with zero attached hydrogens (tertiary/aromatic N) is 4. The molecule has 0 radical (unpaired) electrons. The third-order valence-corrected chi connectivity index (χ3v) is 3.98. The van der Waals surface area contributed by atoms with Crippen LogP contribution in [0.4, 0.5) is 5.82 Å². The minimum Gasteiger partial charge on any atom is -0.387 e. The molecule has 2 aromatic heterocycles. The fraction of sp³-hybridized carbons (Fsp3) is 0.571. The molecule has 0 bridgehead atoms. The Labute approximate surface area is 137 Å². The molecule has 1 saturated heterocycles. The number of hydrogen-bond donors (Lipinski definition) is 4. The summed E-state index contributed by atoms with van der Waals surface area (Å²) in [5, 5.41) is 23.1. The number of nitrogens with two attached hydrogens (primary N) is 1. The third kappa shape index (κ3) is 2.90. The lowest BCUT2D eigenvalue weighted by molar-refractivity contribution is -0.122. The van der Waals surface area contributed by atoms with Gasteiger partial charge in [-0.15, -0.1) is 0 Å². The summed E-state index contributed by atoms with van der Waals surface area (Å²) < 4.78 is 7.21. The molecule has 1 fully saturated rings. The summed E-state index contributed by atoms with van der Waals surface area (Å²) in [6.45, 7) is 2.01. The normalized spacial score (nSPS) is 26.8. The van der Waals surface area contributed by atoms with Crippen LogP contribution in [-0.4, -0.2) is 60.5 Å².